The van der Waals surface area contributed by atoms with Gasteiger partial charge in [0, 0.05) is 48.9 Å². The summed E-state index contributed by atoms with van der Waals surface area (Å²) in [5.41, 5.74) is 15.3. The fourth-order valence-electron chi connectivity index (χ4n) is 9.26. The van der Waals surface area contributed by atoms with Gasteiger partial charge in [-0.05, 0) is 70.3 Å². The second-order valence-electron chi connectivity index (χ2n) is 16.0. The summed E-state index contributed by atoms with van der Waals surface area (Å²) < 4.78 is 11.2. The zero-order valence-electron chi connectivity index (χ0n) is 33.8. The summed E-state index contributed by atoms with van der Waals surface area (Å²) in [4.78, 5) is 5.24. The highest BCUT2D eigenvalue weighted by molar-refractivity contribution is 6.16. The van der Waals surface area contributed by atoms with Crippen LogP contribution < -0.4 is 0 Å². The van der Waals surface area contributed by atoms with Crippen molar-refractivity contribution >= 4 is 49.6 Å². The highest BCUT2D eigenvalue weighted by atomic mass is 16.3. The van der Waals surface area contributed by atoms with E-state index >= 15 is 0 Å². The molecule has 0 fully saturated rings. The summed E-state index contributed by atoms with van der Waals surface area (Å²) in [5, 5.41) is 9.76. The van der Waals surface area contributed by atoms with Crippen molar-refractivity contribution in [3.63, 3.8) is 0 Å². The molecule has 12 rings (SSSR count). The molecule has 0 saturated carbocycles. The van der Waals surface area contributed by atoms with Crippen molar-refractivity contribution in [2.75, 3.05) is 0 Å². The van der Waals surface area contributed by atoms with E-state index in [-0.39, 0.29) is 6.17 Å². The average molecular weight is 796 g/mol. The number of para-hydroxylation sites is 2. The lowest BCUT2D eigenvalue weighted by molar-refractivity contribution is -0.636. The van der Waals surface area contributed by atoms with Crippen LogP contribution in [0.3, 0.4) is 0 Å². The number of fused-ring (bicyclic) bond motifs is 6. The Morgan fingerprint density at radius 2 is 1.08 bits per heavy atom. The number of aromatic nitrogens is 1. The van der Waals surface area contributed by atoms with Gasteiger partial charge in [0.25, 0.3) is 6.17 Å². The number of aliphatic imine (C=N–C) groups is 1. The molecule has 0 spiro atoms. The number of amidine groups is 1. The van der Waals surface area contributed by atoms with Crippen LogP contribution in [0.2, 0.25) is 0 Å². The van der Waals surface area contributed by atoms with Crippen molar-refractivity contribution in [2.24, 2.45) is 10.1 Å². The summed E-state index contributed by atoms with van der Waals surface area (Å²) in [6.45, 7) is 0.622. The zero-order chi connectivity index (χ0) is 41.0. The Kier molecular flexibility index (Phi) is 8.56. The Labute approximate surface area is 358 Å². The molecule has 0 N–H and O–H groups in total. The molecule has 3 heterocycles. The number of nitrogens with zero attached hydrogens (tertiary/aromatic N) is 4. The normalized spacial score (nSPS) is 13.9. The maximum atomic E-state index is 6.71. The van der Waals surface area contributed by atoms with Crippen molar-refractivity contribution in [3.05, 3.63) is 235 Å². The standard InChI is InChI=1S/C57H39N4O/c1-4-15-39(16-5-1)41-29-27-38(28-30-41)37-60-57(42-19-8-3-9-20-42)58-56(59-60)44-31-33-48-54(36-44)62-53-26-14-23-47(55(48)53)45-21-10-12-24-50(45)61-51-25-13-11-22-46(51)49-35-43(32-34-52(49)61)40-17-6-2-7-18-40/h1-36,57H,37H2/q+1. The van der Waals surface area contributed by atoms with E-state index in [1.54, 1.807) is 0 Å². The Balaban J connectivity index is 0.938. The summed E-state index contributed by atoms with van der Waals surface area (Å²) in [7, 11) is 0. The Morgan fingerprint density at radius 3 is 1.89 bits per heavy atom. The van der Waals surface area contributed by atoms with Gasteiger partial charge in [0.2, 0.25) is 5.84 Å². The first-order valence-corrected chi connectivity index (χ1v) is 21.1. The number of benzene rings is 9. The predicted octanol–water partition coefficient (Wildman–Crippen LogP) is 14.8. The molecule has 0 radical (unpaired) electrons. The first-order valence-electron chi connectivity index (χ1n) is 21.1. The maximum Gasteiger partial charge on any atom is 0.299 e. The van der Waals surface area contributed by atoms with Crippen LogP contribution in [0.15, 0.2) is 233 Å². The third-order valence-corrected chi connectivity index (χ3v) is 12.2. The number of furan rings is 1. The van der Waals surface area contributed by atoms with Crippen LogP contribution in [0, 0.1) is 0 Å². The van der Waals surface area contributed by atoms with E-state index in [2.05, 4.69) is 216 Å². The zero-order valence-corrected chi connectivity index (χ0v) is 33.8. The molecule has 1 aliphatic heterocycles. The molecule has 0 bridgehead atoms. The van der Waals surface area contributed by atoms with Gasteiger partial charge in [-0.25, -0.2) is 0 Å². The van der Waals surface area contributed by atoms with E-state index in [4.69, 9.17) is 14.5 Å². The van der Waals surface area contributed by atoms with E-state index in [0.717, 1.165) is 49.9 Å². The molecule has 292 valence electrons. The van der Waals surface area contributed by atoms with Crippen molar-refractivity contribution in [1.82, 2.24) is 4.57 Å². The Morgan fingerprint density at radius 1 is 0.452 bits per heavy atom. The van der Waals surface area contributed by atoms with Gasteiger partial charge >= 0.3 is 0 Å². The van der Waals surface area contributed by atoms with Crippen LogP contribution in [-0.4, -0.2) is 15.1 Å². The fraction of sp³-hybridized carbons (Fsp3) is 0.0351. The smallest absolute Gasteiger partial charge is 0.299 e. The molecule has 0 saturated heterocycles. The van der Waals surface area contributed by atoms with Crippen LogP contribution in [-0.2, 0) is 6.54 Å². The molecule has 5 heteroatoms. The molecule has 1 aliphatic rings. The molecule has 9 aromatic carbocycles. The topological polar surface area (TPSA) is 45.8 Å². The van der Waals surface area contributed by atoms with E-state index in [1.807, 2.05) is 12.1 Å². The second kappa shape index (κ2) is 14.8. The number of hydrogen-bond donors (Lipinski definition) is 0. The van der Waals surface area contributed by atoms with Crippen LogP contribution in [0.25, 0.3) is 82.8 Å². The highest BCUT2D eigenvalue weighted by Crippen LogP contribution is 2.42. The van der Waals surface area contributed by atoms with Crippen molar-refractivity contribution in [1.29, 1.82) is 0 Å². The molecule has 62 heavy (non-hydrogen) atoms. The van der Waals surface area contributed by atoms with Crippen LogP contribution >= 0.6 is 0 Å². The molecule has 2 aromatic heterocycles. The van der Waals surface area contributed by atoms with Crippen LogP contribution in [0.1, 0.15) is 22.9 Å². The quantitative estimate of drug-likeness (QED) is 0.141. The Bertz CT molecular complexity index is 3530. The predicted molar refractivity (Wildman–Crippen MR) is 253 cm³/mol. The average Bonchev–Trinajstić information content (AvgIpc) is 4.04. The SMILES string of the molecule is c1ccc(-c2ccc(C[N+]3=NC(c4ccc5c(c4)oc4cccc(-c6ccccc6-n6c7ccccc7c7cc(-c8ccccc8)ccc76)c45)=NC3c3ccccc3)cc2)cc1. The van der Waals surface area contributed by atoms with Gasteiger partial charge in [-0.2, -0.15) is 4.99 Å². The summed E-state index contributed by atoms with van der Waals surface area (Å²) in [6.07, 6.45) is -0.250. The van der Waals surface area contributed by atoms with Gasteiger partial charge in [0.05, 0.1) is 16.7 Å². The summed E-state index contributed by atoms with van der Waals surface area (Å²) in [5.74, 6) is 0.689. The van der Waals surface area contributed by atoms with Crippen molar-refractivity contribution < 1.29 is 9.11 Å². The van der Waals surface area contributed by atoms with Gasteiger partial charge < -0.3 is 8.98 Å². The van der Waals surface area contributed by atoms with E-state index in [9.17, 15) is 0 Å². The largest absolute Gasteiger partial charge is 0.456 e. The Hall–Kier alpha value is -8.15. The van der Waals surface area contributed by atoms with E-state index < -0.39 is 0 Å². The van der Waals surface area contributed by atoms with Crippen molar-refractivity contribution in [3.8, 4) is 39.1 Å². The molecule has 1 unspecified atom stereocenters. The van der Waals surface area contributed by atoms with Gasteiger partial charge in [0.15, 0.2) is 6.54 Å². The van der Waals surface area contributed by atoms with E-state index in [0.29, 0.717) is 12.4 Å². The minimum absolute atomic E-state index is 0.250. The molecule has 0 amide bonds. The molecular formula is C57H39N4O+. The van der Waals surface area contributed by atoms with Crippen LogP contribution in [0.4, 0.5) is 0 Å². The first-order chi connectivity index (χ1) is 30.7. The van der Waals surface area contributed by atoms with Crippen molar-refractivity contribution in [2.45, 2.75) is 12.7 Å². The number of azo groups is 2. The molecule has 11 aromatic rings. The molecular weight excluding hydrogens is 757 g/mol. The molecule has 1 atom stereocenters. The highest BCUT2D eigenvalue weighted by Gasteiger charge is 2.33. The maximum absolute atomic E-state index is 6.71. The lowest BCUT2D eigenvalue weighted by Gasteiger charge is -2.15. The molecule has 0 aliphatic carbocycles. The van der Waals surface area contributed by atoms with E-state index in [1.165, 1.54) is 49.6 Å². The molecule has 5 nitrogen and oxygen atoms in total. The van der Waals surface area contributed by atoms with Gasteiger partial charge in [0.1, 0.15) is 11.2 Å². The van der Waals surface area contributed by atoms with Crippen LogP contribution in [0.5, 0.6) is 0 Å². The minimum atomic E-state index is -0.250. The van der Waals surface area contributed by atoms with Gasteiger partial charge in [-0.1, -0.05) is 181 Å². The number of hydrogen-bond acceptors (Lipinski definition) is 3. The third kappa shape index (κ3) is 6.13. The first kappa shape index (κ1) is 35.8. The van der Waals surface area contributed by atoms with Gasteiger partial charge in [-0.3, -0.25) is 0 Å². The lowest BCUT2D eigenvalue weighted by atomic mass is 9.97. The second-order valence-corrected chi connectivity index (χ2v) is 16.0. The number of rotatable bonds is 8. The third-order valence-electron chi connectivity index (χ3n) is 12.2. The monoisotopic (exact) mass is 795 g/mol. The summed E-state index contributed by atoms with van der Waals surface area (Å²) >= 11 is 0. The minimum Gasteiger partial charge on any atom is -0.456 e. The van der Waals surface area contributed by atoms with Gasteiger partial charge in [-0.15, -0.1) is 0 Å². The summed E-state index contributed by atoms with van der Waals surface area (Å²) in [6, 6.07) is 77.4. The lowest BCUT2D eigenvalue weighted by Crippen LogP contribution is -2.12. The fourth-order valence-corrected chi connectivity index (χ4v) is 9.26.